The lowest BCUT2D eigenvalue weighted by Crippen LogP contribution is -2.41. The lowest BCUT2D eigenvalue weighted by molar-refractivity contribution is 0.0731. The number of rotatable bonds is 3. The van der Waals surface area contributed by atoms with Crippen molar-refractivity contribution in [1.29, 1.82) is 0 Å². The quantitative estimate of drug-likeness (QED) is 0.658. The van der Waals surface area contributed by atoms with Gasteiger partial charge < -0.3 is 15.7 Å². The summed E-state index contributed by atoms with van der Waals surface area (Å²) < 4.78 is 0. The summed E-state index contributed by atoms with van der Waals surface area (Å²) >= 11 is 0. The van der Waals surface area contributed by atoms with E-state index in [2.05, 4.69) is 4.90 Å². The standard InChI is InChI=1S/C10H20N2O/c11-7-9-1-5-12(6-2-9)8-10(13)3-4-10/h9,13H,1-8,11H2. The van der Waals surface area contributed by atoms with Gasteiger partial charge in [-0.3, -0.25) is 0 Å². The third-order valence-corrected chi connectivity index (χ3v) is 3.39. The Hall–Kier alpha value is -0.120. The molecule has 0 bridgehead atoms. The Morgan fingerprint density at radius 1 is 1.31 bits per heavy atom. The van der Waals surface area contributed by atoms with Crippen LogP contribution in [-0.2, 0) is 0 Å². The van der Waals surface area contributed by atoms with Gasteiger partial charge in [0.25, 0.3) is 0 Å². The van der Waals surface area contributed by atoms with Crippen molar-refractivity contribution in [1.82, 2.24) is 4.90 Å². The molecule has 1 aliphatic carbocycles. The van der Waals surface area contributed by atoms with Crippen LogP contribution in [0, 0.1) is 5.92 Å². The Morgan fingerprint density at radius 3 is 2.38 bits per heavy atom. The van der Waals surface area contributed by atoms with Crippen LogP contribution < -0.4 is 5.73 Å². The summed E-state index contributed by atoms with van der Waals surface area (Å²) in [5, 5.41) is 9.74. The number of nitrogens with zero attached hydrogens (tertiary/aromatic N) is 1. The first-order valence-electron chi connectivity index (χ1n) is 5.37. The minimum absolute atomic E-state index is 0.310. The SMILES string of the molecule is NCC1CCN(CC2(O)CC2)CC1. The highest BCUT2D eigenvalue weighted by atomic mass is 16.3. The third-order valence-electron chi connectivity index (χ3n) is 3.39. The fourth-order valence-corrected chi connectivity index (χ4v) is 2.10. The smallest absolute Gasteiger partial charge is 0.0776 e. The summed E-state index contributed by atoms with van der Waals surface area (Å²) in [5.41, 5.74) is 5.31. The molecule has 13 heavy (non-hydrogen) atoms. The summed E-state index contributed by atoms with van der Waals surface area (Å²) in [4.78, 5) is 2.39. The summed E-state index contributed by atoms with van der Waals surface area (Å²) in [6.07, 6.45) is 4.44. The van der Waals surface area contributed by atoms with Crippen LogP contribution in [-0.4, -0.2) is 41.8 Å². The van der Waals surface area contributed by atoms with Crippen molar-refractivity contribution in [2.24, 2.45) is 11.7 Å². The molecule has 0 aromatic heterocycles. The second-order valence-electron chi connectivity index (χ2n) is 4.68. The van der Waals surface area contributed by atoms with Crippen molar-refractivity contribution < 1.29 is 5.11 Å². The van der Waals surface area contributed by atoms with Gasteiger partial charge >= 0.3 is 0 Å². The maximum absolute atomic E-state index is 9.74. The van der Waals surface area contributed by atoms with E-state index >= 15 is 0 Å². The first kappa shape index (κ1) is 9.44. The molecule has 1 saturated carbocycles. The molecule has 76 valence electrons. The van der Waals surface area contributed by atoms with E-state index in [4.69, 9.17) is 5.73 Å². The Labute approximate surface area is 79.9 Å². The summed E-state index contributed by atoms with van der Waals surface area (Å²) in [5.74, 6) is 0.727. The van der Waals surface area contributed by atoms with Crippen molar-refractivity contribution in [3.05, 3.63) is 0 Å². The molecule has 2 fully saturated rings. The van der Waals surface area contributed by atoms with Crippen LogP contribution in [0.3, 0.4) is 0 Å². The van der Waals surface area contributed by atoms with Crippen LogP contribution in [0.5, 0.6) is 0 Å². The summed E-state index contributed by atoms with van der Waals surface area (Å²) in [6, 6.07) is 0. The van der Waals surface area contributed by atoms with Crippen LogP contribution in [0.1, 0.15) is 25.7 Å². The van der Waals surface area contributed by atoms with Gasteiger partial charge in [0.2, 0.25) is 0 Å². The predicted octanol–water partition coefficient (Wildman–Crippen LogP) is 0.182. The van der Waals surface area contributed by atoms with Gasteiger partial charge in [-0.15, -0.1) is 0 Å². The van der Waals surface area contributed by atoms with Gasteiger partial charge in [-0.25, -0.2) is 0 Å². The molecule has 0 unspecified atom stereocenters. The molecule has 1 heterocycles. The molecule has 0 atom stereocenters. The lowest BCUT2D eigenvalue weighted by atomic mass is 9.97. The van der Waals surface area contributed by atoms with Gasteiger partial charge in [0.1, 0.15) is 0 Å². The monoisotopic (exact) mass is 184 g/mol. The van der Waals surface area contributed by atoms with Crippen molar-refractivity contribution in [2.45, 2.75) is 31.3 Å². The van der Waals surface area contributed by atoms with Gasteiger partial charge in [-0.1, -0.05) is 0 Å². The van der Waals surface area contributed by atoms with Crippen molar-refractivity contribution in [2.75, 3.05) is 26.2 Å². The van der Waals surface area contributed by atoms with E-state index in [0.717, 1.165) is 44.9 Å². The molecule has 0 aromatic rings. The molecule has 1 aliphatic heterocycles. The van der Waals surface area contributed by atoms with Gasteiger partial charge in [0.05, 0.1) is 5.60 Å². The molecular formula is C10H20N2O. The third kappa shape index (κ3) is 2.42. The van der Waals surface area contributed by atoms with E-state index in [9.17, 15) is 5.11 Å². The molecular weight excluding hydrogens is 164 g/mol. The highest BCUT2D eigenvalue weighted by Gasteiger charge is 2.41. The van der Waals surface area contributed by atoms with Gasteiger partial charge in [0.15, 0.2) is 0 Å². The minimum Gasteiger partial charge on any atom is -0.389 e. The molecule has 2 rings (SSSR count). The summed E-state index contributed by atoms with van der Waals surface area (Å²) in [7, 11) is 0. The number of hydrogen-bond donors (Lipinski definition) is 2. The Kier molecular flexibility index (Phi) is 2.58. The fourth-order valence-electron chi connectivity index (χ4n) is 2.10. The molecule has 0 aromatic carbocycles. The molecule has 0 radical (unpaired) electrons. The van der Waals surface area contributed by atoms with E-state index in [1.54, 1.807) is 0 Å². The maximum atomic E-state index is 9.74. The normalized spacial score (nSPS) is 29.1. The zero-order valence-electron chi connectivity index (χ0n) is 8.21. The first-order valence-corrected chi connectivity index (χ1v) is 5.37. The van der Waals surface area contributed by atoms with Crippen LogP contribution in [0.2, 0.25) is 0 Å². The lowest BCUT2D eigenvalue weighted by Gasteiger charge is -2.32. The van der Waals surface area contributed by atoms with Crippen LogP contribution in [0.25, 0.3) is 0 Å². The average Bonchev–Trinajstić information content (AvgIpc) is 2.85. The Balaban J connectivity index is 1.72. The molecule has 2 aliphatic rings. The zero-order valence-corrected chi connectivity index (χ0v) is 8.21. The molecule has 3 nitrogen and oxygen atoms in total. The van der Waals surface area contributed by atoms with Gasteiger partial charge in [0, 0.05) is 6.54 Å². The minimum atomic E-state index is -0.310. The van der Waals surface area contributed by atoms with E-state index in [-0.39, 0.29) is 5.60 Å². The molecule has 0 spiro atoms. The second-order valence-corrected chi connectivity index (χ2v) is 4.68. The van der Waals surface area contributed by atoms with Crippen molar-refractivity contribution in [3.8, 4) is 0 Å². The highest BCUT2D eigenvalue weighted by molar-refractivity contribution is 4.96. The number of likely N-dealkylation sites (tertiary alicyclic amines) is 1. The van der Waals surface area contributed by atoms with E-state index < -0.39 is 0 Å². The van der Waals surface area contributed by atoms with E-state index in [1.807, 2.05) is 0 Å². The van der Waals surface area contributed by atoms with Crippen molar-refractivity contribution in [3.63, 3.8) is 0 Å². The molecule has 3 heteroatoms. The Bertz CT molecular complexity index is 172. The van der Waals surface area contributed by atoms with E-state index in [1.165, 1.54) is 12.8 Å². The number of β-amino-alcohol motifs (C(OH)–C–C–N with tert-alkyl or cyclic N) is 1. The molecule has 3 N–H and O–H groups in total. The van der Waals surface area contributed by atoms with Crippen LogP contribution in [0.15, 0.2) is 0 Å². The van der Waals surface area contributed by atoms with Crippen LogP contribution >= 0.6 is 0 Å². The van der Waals surface area contributed by atoms with Crippen LogP contribution in [0.4, 0.5) is 0 Å². The van der Waals surface area contributed by atoms with Gasteiger partial charge in [-0.2, -0.15) is 0 Å². The molecule has 0 amide bonds. The predicted molar refractivity (Wildman–Crippen MR) is 52.4 cm³/mol. The first-order chi connectivity index (χ1) is 6.22. The van der Waals surface area contributed by atoms with Crippen molar-refractivity contribution >= 4 is 0 Å². The number of nitrogens with two attached hydrogens (primary N) is 1. The average molecular weight is 184 g/mol. The molecule has 1 saturated heterocycles. The second kappa shape index (κ2) is 3.56. The Morgan fingerprint density at radius 2 is 1.92 bits per heavy atom. The van der Waals surface area contributed by atoms with E-state index in [0.29, 0.717) is 0 Å². The largest absolute Gasteiger partial charge is 0.389 e. The fraction of sp³-hybridized carbons (Fsp3) is 1.00. The topological polar surface area (TPSA) is 49.5 Å². The number of aliphatic hydroxyl groups is 1. The van der Waals surface area contributed by atoms with Gasteiger partial charge in [-0.05, 0) is 51.2 Å². The number of piperidine rings is 1. The number of hydrogen-bond acceptors (Lipinski definition) is 3. The summed E-state index contributed by atoms with van der Waals surface area (Å²) in [6.45, 7) is 3.98. The zero-order chi connectivity index (χ0) is 9.31. The maximum Gasteiger partial charge on any atom is 0.0776 e. The highest BCUT2D eigenvalue weighted by Crippen LogP contribution is 2.36.